The van der Waals surface area contributed by atoms with E-state index in [2.05, 4.69) is 4.74 Å². The monoisotopic (exact) mass is 253 g/mol. The van der Waals surface area contributed by atoms with E-state index in [4.69, 9.17) is 5.26 Å². The van der Waals surface area contributed by atoms with E-state index < -0.39 is 23.5 Å². The van der Waals surface area contributed by atoms with E-state index in [-0.39, 0.29) is 17.7 Å². The molecule has 0 unspecified atom stereocenters. The zero-order valence-electron chi connectivity index (χ0n) is 9.44. The summed E-state index contributed by atoms with van der Waals surface area (Å²) >= 11 is 0. The number of carbonyl (C=O) groups excluding carboxylic acids is 2. The molecule has 1 aromatic carbocycles. The summed E-state index contributed by atoms with van der Waals surface area (Å²) in [6, 6.07) is 3.61. The molecule has 0 saturated carbocycles. The van der Waals surface area contributed by atoms with Crippen molar-refractivity contribution in [3.63, 3.8) is 0 Å². The highest BCUT2D eigenvalue weighted by Gasteiger charge is 2.25. The first-order chi connectivity index (χ1) is 8.56. The number of esters is 1. The first-order valence-corrected chi connectivity index (χ1v) is 5.04. The van der Waals surface area contributed by atoms with Gasteiger partial charge in [0.1, 0.15) is 6.07 Å². The van der Waals surface area contributed by atoms with E-state index >= 15 is 0 Å². The summed E-state index contributed by atoms with van der Waals surface area (Å²) in [4.78, 5) is 22.3. The maximum atomic E-state index is 12.8. The minimum absolute atomic E-state index is 0.0162. The number of rotatable bonds is 4. The largest absolute Gasteiger partial charge is 0.462 e. The molecule has 6 heteroatoms. The van der Waals surface area contributed by atoms with Crippen molar-refractivity contribution in [1.29, 1.82) is 5.26 Å². The number of benzene rings is 1. The summed E-state index contributed by atoms with van der Waals surface area (Å²) in [5.74, 6) is -1.03. The molecule has 0 spiro atoms. The van der Waals surface area contributed by atoms with Crippen molar-refractivity contribution in [1.82, 2.24) is 0 Å². The summed E-state index contributed by atoms with van der Waals surface area (Å²) in [6.45, 7) is 1.49. The third-order valence-corrected chi connectivity index (χ3v) is 2.22. The summed E-state index contributed by atoms with van der Waals surface area (Å²) in [5, 5.41) is 8.89. The Balaban J connectivity index is 3.54. The van der Waals surface area contributed by atoms with E-state index in [1.165, 1.54) is 6.92 Å². The first-order valence-electron chi connectivity index (χ1n) is 5.04. The Hall–Kier alpha value is -2.29. The van der Waals surface area contributed by atoms with Gasteiger partial charge in [0.25, 0.3) is 6.43 Å². The van der Waals surface area contributed by atoms with Gasteiger partial charge in [0.15, 0.2) is 6.29 Å². The molecule has 0 radical (unpaired) electrons. The third kappa shape index (κ3) is 2.51. The Kier molecular flexibility index (Phi) is 4.49. The van der Waals surface area contributed by atoms with Crippen LogP contribution in [0.4, 0.5) is 8.78 Å². The number of carbonyl (C=O) groups is 2. The predicted octanol–water partition coefficient (Wildman–Crippen LogP) is 2.49. The Bertz CT molecular complexity index is 521. The number of halogens is 2. The number of ether oxygens (including phenoxy) is 1. The van der Waals surface area contributed by atoms with Crippen molar-refractivity contribution in [2.45, 2.75) is 13.3 Å². The van der Waals surface area contributed by atoms with Crippen molar-refractivity contribution in [2.75, 3.05) is 6.61 Å². The van der Waals surface area contributed by atoms with E-state index in [9.17, 15) is 18.4 Å². The van der Waals surface area contributed by atoms with E-state index in [0.717, 1.165) is 12.1 Å². The standard InChI is InChI=1S/C12H9F2NO3/c1-2-18-12(17)10-8(11(13)14)4-3-7(6-16)9(10)5-15/h3-4,6,11H,2H2,1H3. The van der Waals surface area contributed by atoms with Gasteiger partial charge < -0.3 is 4.74 Å². The summed E-state index contributed by atoms with van der Waals surface area (Å²) in [7, 11) is 0. The van der Waals surface area contributed by atoms with Crippen LogP contribution in [-0.4, -0.2) is 18.9 Å². The van der Waals surface area contributed by atoms with Crippen LogP contribution in [0.1, 0.15) is 45.2 Å². The molecule has 0 aliphatic rings. The number of alkyl halides is 2. The molecule has 18 heavy (non-hydrogen) atoms. The fourth-order valence-corrected chi connectivity index (χ4v) is 1.46. The highest BCUT2D eigenvalue weighted by molar-refractivity contribution is 5.97. The molecule has 0 fully saturated rings. The van der Waals surface area contributed by atoms with Gasteiger partial charge in [-0.25, -0.2) is 13.6 Å². The van der Waals surface area contributed by atoms with Gasteiger partial charge in [0, 0.05) is 11.1 Å². The molecule has 0 bridgehead atoms. The molecule has 0 amide bonds. The maximum Gasteiger partial charge on any atom is 0.339 e. The van der Waals surface area contributed by atoms with Gasteiger partial charge >= 0.3 is 5.97 Å². The Morgan fingerprint density at radius 3 is 2.67 bits per heavy atom. The van der Waals surface area contributed by atoms with Crippen LogP contribution < -0.4 is 0 Å². The van der Waals surface area contributed by atoms with Crippen LogP contribution in [0.15, 0.2) is 12.1 Å². The zero-order valence-corrected chi connectivity index (χ0v) is 9.44. The molecule has 0 N–H and O–H groups in total. The second kappa shape index (κ2) is 5.87. The number of nitrogens with zero attached hydrogens (tertiary/aromatic N) is 1. The Morgan fingerprint density at radius 2 is 2.22 bits per heavy atom. The van der Waals surface area contributed by atoms with Crippen molar-refractivity contribution < 1.29 is 23.1 Å². The lowest BCUT2D eigenvalue weighted by Gasteiger charge is -2.11. The van der Waals surface area contributed by atoms with Gasteiger partial charge in [-0.2, -0.15) is 5.26 Å². The van der Waals surface area contributed by atoms with Gasteiger partial charge in [-0.3, -0.25) is 4.79 Å². The molecule has 4 nitrogen and oxygen atoms in total. The third-order valence-electron chi connectivity index (χ3n) is 2.22. The van der Waals surface area contributed by atoms with Crippen molar-refractivity contribution in [2.24, 2.45) is 0 Å². The van der Waals surface area contributed by atoms with Crippen molar-refractivity contribution in [3.8, 4) is 6.07 Å². The first kappa shape index (κ1) is 13.8. The molecule has 0 heterocycles. The van der Waals surface area contributed by atoms with Gasteiger partial charge in [-0.05, 0) is 13.0 Å². The Labute approximate surface area is 102 Å². The van der Waals surface area contributed by atoms with Crippen molar-refractivity contribution in [3.05, 3.63) is 34.4 Å². The minimum atomic E-state index is -2.93. The van der Waals surface area contributed by atoms with Crippen molar-refractivity contribution >= 4 is 12.3 Å². The molecular formula is C12H9F2NO3. The Morgan fingerprint density at radius 1 is 1.56 bits per heavy atom. The molecule has 1 aromatic rings. The van der Waals surface area contributed by atoms with Crippen LogP contribution in [0.5, 0.6) is 0 Å². The van der Waals surface area contributed by atoms with E-state index in [1.807, 2.05) is 0 Å². The van der Waals surface area contributed by atoms with Crippen LogP contribution in [-0.2, 0) is 4.74 Å². The molecule has 94 valence electrons. The number of hydrogen-bond acceptors (Lipinski definition) is 4. The maximum absolute atomic E-state index is 12.8. The summed E-state index contributed by atoms with van der Waals surface area (Å²) < 4.78 is 30.2. The normalized spacial score (nSPS) is 9.94. The molecule has 0 aliphatic heterocycles. The molecule has 0 atom stereocenters. The van der Waals surface area contributed by atoms with E-state index in [0.29, 0.717) is 6.29 Å². The second-order valence-electron chi connectivity index (χ2n) is 3.24. The lowest BCUT2D eigenvalue weighted by Crippen LogP contribution is -2.12. The van der Waals surface area contributed by atoms with Crippen LogP contribution >= 0.6 is 0 Å². The predicted molar refractivity (Wildman–Crippen MR) is 57.5 cm³/mol. The lowest BCUT2D eigenvalue weighted by atomic mass is 9.97. The molecule has 1 rings (SSSR count). The van der Waals surface area contributed by atoms with Gasteiger partial charge in [-0.1, -0.05) is 6.07 Å². The second-order valence-corrected chi connectivity index (χ2v) is 3.24. The summed E-state index contributed by atoms with van der Waals surface area (Å²) in [6.07, 6.45) is -2.60. The lowest BCUT2D eigenvalue weighted by molar-refractivity contribution is 0.0515. The molecule has 0 saturated heterocycles. The number of hydrogen-bond donors (Lipinski definition) is 0. The highest BCUT2D eigenvalue weighted by Crippen LogP contribution is 2.27. The average Bonchev–Trinajstić information content (AvgIpc) is 2.36. The number of nitriles is 1. The van der Waals surface area contributed by atoms with Gasteiger partial charge in [0.2, 0.25) is 0 Å². The fourth-order valence-electron chi connectivity index (χ4n) is 1.46. The van der Waals surface area contributed by atoms with Gasteiger partial charge in [0.05, 0.1) is 17.7 Å². The van der Waals surface area contributed by atoms with E-state index in [1.54, 1.807) is 6.07 Å². The number of aldehydes is 1. The fraction of sp³-hybridized carbons (Fsp3) is 0.250. The summed E-state index contributed by atoms with van der Waals surface area (Å²) in [5.41, 5.74) is -1.67. The smallest absolute Gasteiger partial charge is 0.339 e. The van der Waals surface area contributed by atoms with Crippen LogP contribution in [0.25, 0.3) is 0 Å². The zero-order chi connectivity index (χ0) is 13.7. The minimum Gasteiger partial charge on any atom is -0.462 e. The molecular weight excluding hydrogens is 244 g/mol. The molecule has 0 aliphatic carbocycles. The van der Waals surface area contributed by atoms with Gasteiger partial charge in [-0.15, -0.1) is 0 Å². The average molecular weight is 253 g/mol. The highest BCUT2D eigenvalue weighted by atomic mass is 19.3. The molecule has 0 aromatic heterocycles. The SMILES string of the molecule is CCOC(=O)c1c(C(F)F)ccc(C=O)c1C#N. The van der Waals surface area contributed by atoms with Crippen LogP contribution in [0.2, 0.25) is 0 Å². The van der Waals surface area contributed by atoms with Crippen LogP contribution in [0, 0.1) is 11.3 Å². The van der Waals surface area contributed by atoms with Crippen LogP contribution in [0.3, 0.4) is 0 Å². The quantitative estimate of drug-likeness (QED) is 0.610. The topological polar surface area (TPSA) is 67.2 Å².